The number of hydrogen-bond acceptors (Lipinski definition) is 6. The van der Waals surface area contributed by atoms with Gasteiger partial charge in [-0.25, -0.2) is 0 Å². The van der Waals surface area contributed by atoms with Gasteiger partial charge in [0, 0.05) is 11.6 Å². The Morgan fingerprint density at radius 3 is 2.50 bits per heavy atom. The van der Waals surface area contributed by atoms with Crippen LogP contribution < -0.4 is 5.11 Å². The average molecular weight is 455 g/mol. The van der Waals surface area contributed by atoms with Crippen LogP contribution in [0, 0.1) is 0 Å². The molecule has 1 fully saturated rings. The first-order valence-electron chi connectivity index (χ1n) is 8.83. The Balaban J connectivity index is 1.64. The molecule has 3 aromatic rings. The van der Waals surface area contributed by atoms with E-state index >= 15 is 0 Å². The molecule has 0 radical (unpaired) electrons. The molecular weight excluding hydrogens is 442 g/mol. The summed E-state index contributed by atoms with van der Waals surface area (Å²) in [5.74, 6) is -0.939. The van der Waals surface area contributed by atoms with Crippen molar-refractivity contribution >= 4 is 57.9 Å². The summed E-state index contributed by atoms with van der Waals surface area (Å²) in [4.78, 5) is 26.1. The van der Waals surface area contributed by atoms with Gasteiger partial charge in [-0.2, -0.15) is 0 Å². The van der Waals surface area contributed by atoms with Crippen molar-refractivity contribution in [3.8, 4) is 11.3 Å². The first-order chi connectivity index (χ1) is 14.5. The summed E-state index contributed by atoms with van der Waals surface area (Å²) in [6.45, 7) is 0. The number of carboxylic acids is 1. The van der Waals surface area contributed by atoms with Crippen molar-refractivity contribution in [1.29, 1.82) is 0 Å². The highest BCUT2D eigenvalue weighted by Crippen LogP contribution is 2.39. The summed E-state index contributed by atoms with van der Waals surface area (Å²) >= 11 is 12.5. The number of nitrogens with zero attached hydrogens (tertiary/aromatic N) is 1. The van der Waals surface area contributed by atoms with E-state index < -0.39 is 17.9 Å². The van der Waals surface area contributed by atoms with E-state index in [1.807, 2.05) is 18.2 Å². The zero-order chi connectivity index (χ0) is 21.3. The fourth-order valence-electron chi connectivity index (χ4n) is 3.09. The smallest absolute Gasteiger partial charge is 0.267 e. The van der Waals surface area contributed by atoms with Crippen LogP contribution in [0.15, 0.2) is 76.1 Å². The minimum atomic E-state index is -1.40. The van der Waals surface area contributed by atoms with Crippen molar-refractivity contribution in [1.82, 2.24) is 4.90 Å². The summed E-state index contributed by atoms with van der Waals surface area (Å²) in [7, 11) is 0. The zero-order valence-corrected chi connectivity index (χ0v) is 17.7. The van der Waals surface area contributed by atoms with E-state index in [1.165, 1.54) is 6.08 Å². The van der Waals surface area contributed by atoms with Crippen molar-refractivity contribution in [2.45, 2.75) is 6.04 Å². The minimum Gasteiger partial charge on any atom is -0.547 e. The quantitative estimate of drug-likeness (QED) is 0.423. The van der Waals surface area contributed by atoms with Gasteiger partial charge in [-0.3, -0.25) is 9.69 Å². The van der Waals surface area contributed by atoms with E-state index in [0.717, 1.165) is 22.2 Å². The molecule has 0 bridgehead atoms. The Labute approximate surface area is 186 Å². The Kier molecular flexibility index (Phi) is 5.76. The molecule has 2 aromatic carbocycles. The molecule has 4 rings (SSSR count). The second-order valence-electron chi connectivity index (χ2n) is 6.37. The van der Waals surface area contributed by atoms with Crippen molar-refractivity contribution < 1.29 is 19.1 Å². The van der Waals surface area contributed by atoms with Gasteiger partial charge < -0.3 is 14.3 Å². The highest BCUT2D eigenvalue weighted by Gasteiger charge is 2.38. The highest BCUT2D eigenvalue weighted by atomic mass is 35.5. The molecule has 1 saturated heterocycles. The number of thiocarbonyl (C=S) groups is 1. The number of amides is 1. The molecule has 2 heterocycles. The second-order valence-corrected chi connectivity index (χ2v) is 8.45. The summed E-state index contributed by atoms with van der Waals surface area (Å²) in [6, 6.07) is 17.8. The molecule has 1 aromatic heterocycles. The number of carbonyl (C=O) groups is 2. The average Bonchev–Trinajstić information content (AvgIpc) is 3.29. The Bertz CT molecular complexity index is 1170. The van der Waals surface area contributed by atoms with Crippen molar-refractivity contribution in [3.63, 3.8) is 0 Å². The summed E-state index contributed by atoms with van der Waals surface area (Å²) < 4.78 is 5.95. The maximum atomic E-state index is 13.0. The summed E-state index contributed by atoms with van der Waals surface area (Å²) in [5.41, 5.74) is 1.14. The molecule has 1 atom stereocenters. The third-order valence-corrected chi connectivity index (χ3v) is 6.12. The van der Waals surface area contributed by atoms with E-state index in [-0.39, 0.29) is 9.23 Å². The molecule has 8 heteroatoms. The molecular formula is C22H13ClNO4S2-. The van der Waals surface area contributed by atoms with Gasteiger partial charge in [0.05, 0.1) is 15.9 Å². The maximum Gasteiger partial charge on any atom is 0.267 e. The van der Waals surface area contributed by atoms with Gasteiger partial charge in [-0.05, 0) is 29.8 Å². The summed E-state index contributed by atoms with van der Waals surface area (Å²) in [5, 5.41) is 12.4. The first-order valence-corrected chi connectivity index (χ1v) is 10.4. The van der Waals surface area contributed by atoms with Gasteiger partial charge >= 0.3 is 0 Å². The number of carboxylic acid groups (broad SMARTS) is 1. The molecule has 150 valence electrons. The fraction of sp³-hybridized carbons (Fsp3) is 0.0455. The molecule has 1 aliphatic rings. The van der Waals surface area contributed by atoms with E-state index in [2.05, 4.69) is 0 Å². The van der Waals surface area contributed by atoms with Gasteiger partial charge in [0.25, 0.3) is 5.91 Å². The molecule has 0 saturated carbocycles. The lowest BCUT2D eigenvalue weighted by atomic mass is 10.1. The predicted octanol–water partition coefficient (Wildman–Crippen LogP) is 4.29. The highest BCUT2D eigenvalue weighted by molar-refractivity contribution is 8.26. The number of hydrogen-bond donors (Lipinski definition) is 0. The van der Waals surface area contributed by atoms with Crippen LogP contribution in [0.1, 0.15) is 17.4 Å². The van der Waals surface area contributed by atoms with Crippen molar-refractivity contribution in [3.05, 3.63) is 88.0 Å². The largest absolute Gasteiger partial charge is 0.547 e. The van der Waals surface area contributed by atoms with E-state index in [9.17, 15) is 14.7 Å². The Hall–Kier alpha value is -2.87. The molecule has 5 nitrogen and oxygen atoms in total. The fourth-order valence-corrected chi connectivity index (χ4v) is 4.62. The van der Waals surface area contributed by atoms with Crippen LogP contribution in [0.2, 0.25) is 5.02 Å². The molecule has 0 unspecified atom stereocenters. The van der Waals surface area contributed by atoms with Gasteiger partial charge in [0.2, 0.25) is 0 Å². The molecule has 0 spiro atoms. The second kappa shape index (κ2) is 8.47. The normalized spacial score (nSPS) is 16.3. The molecule has 1 amide bonds. The lowest BCUT2D eigenvalue weighted by Gasteiger charge is -2.27. The monoisotopic (exact) mass is 454 g/mol. The molecule has 0 aliphatic carbocycles. The number of thioether (sulfide) groups is 1. The number of halogens is 1. The predicted molar refractivity (Wildman–Crippen MR) is 118 cm³/mol. The lowest BCUT2D eigenvalue weighted by molar-refractivity contribution is -0.310. The summed E-state index contributed by atoms with van der Waals surface area (Å²) in [6.07, 6.45) is 1.54. The van der Waals surface area contributed by atoms with Crippen LogP contribution in [0.3, 0.4) is 0 Å². The number of benzene rings is 2. The van der Waals surface area contributed by atoms with Crippen molar-refractivity contribution in [2.24, 2.45) is 0 Å². The van der Waals surface area contributed by atoms with Gasteiger partial charge in [-0.15, -0.1) is 0 Å². The third-order valence-electron chi connectivity index (χ3n) is 4.46. The van der Waals surface area contributed by atoms with Crippen LogP contribution in [-0.4, -0.2) is 21.1 Å². The first kappa shape index (κ1) is 20.4. The molecule has 30 heavy (non-hydrogen) atoms. The molecule has 0 N–H and O–H groups in total. The minimum absolute atomic E-state index is 0.141. The lowest BCUT2D eigenvalue weighted by Crippen LogP contribution is -2.43. The van der Waals surface area contributed by atoms with Crippen LogP contribution in [-0.2, 0) is 9.59 Å². The third kappa shape index (κ3) is 3.92. The number of rotatable bonds is 5. The number of carbonyl (C=O) groups excluding carboxylic acids is 2. The number of furan rings is 1. The van der Waals surface area contributed by atoms with E-state index in [0.29, 0.717) is 22.1 Å². The Morgan fingerprint density at radius 2 is 1.80 bits per heavy atom. The standard InChI is InChI=1S/C22H14ClNO4S2/c23-16-9-5-4-8-15(16)17-11-10-14(28-17)12-18-20(25)24(22(29)30-18)19(21(26)27)13-6-2-1-3-7-13/h1-12,19H,(H,26,27)/p-1/b18-12-/t19-/m0/s1. The molecule has 1 aliphatic heterocycles. The van der Waals surface area contributed by atoms with Crippen LogP contribution in [0.4, 0.5) is 0 Å². The van der Waals surface area contributed by atoms with E-state index in [4.69, 9.17) is 28.2 Å². The SMILES string of the molecule is O=C([O-])[C@H](c1ccccc1)N1C(=O)/C(=C/c2ccc(-c3ccccc3Cl)o2)SC1=S. The van der Waals surface area contributed by atoms with Crippen LogP contribution >= 0.6 is 35.6 Å². The Morgan fingerprint density at radius 1 is 1.10 bits per heavy atom. The van der Waals surface area contributed by atoms with Gasteiger partial charge in [0.15, 0.2) is 0 Å². The zero-order valence-electron chi connectivity index (χ0n) is 15.3. The van der Waals surface area contributed by atoms with Crippen LogP contribution in [0.25, 0.3) is 17.4 Å². The maximum absolute atomic E-state index is 13.0. The number of aliphatic carboxylic acids is 1. The van der Waals surface area contributed by atoms with Crippen LogP contribution in [0.5, 0.6) is 0 Å². The van der Waals surface area contributed by atoms with E-state index in [1.54, 1.807) is 48.5 Å². The van der Waals surface area contributed by atoms with Crippen molar-refractivity contribution in [2.75, 3.05) is 0 Å². The van der Waals surface area contributed by atoms with Gasteiger partial charge in [-0.1, -0.05) is 78.0 Å². The topological polar surface area (TPSA) is 73.6 Å². The van der Waals surface area contributed by atoms with Gasteiger partial charge in [0.1, 0.15) is 21.9 Å².